The van der Waals surface area contributed by atoms with Gasteiger partial charge in [0.05, 0.1) is 11.7 Å². The molecule has 16 heavy (non-hydrogen) atoms. The number of rotatable bonds is 3. The van der Waals surface area contributed by atoms with Crippen molar-refractivity contribution >= 4 is 39.8 Å². The van der Waals surface area contributed by atoms with Gasteiger partial charge in [-0.1, -0.05) is 6.07 Å². The molecule has 0 unspecified atom stereocenters. The first-order chi connectivity index (χ1) is 7.92. The van der Waals surface area contributed by atoms with Crippen molar-refractivity contribution in [3.8, 4) is 0 Å². The zero-order valence-electron chi connectivity index (χ0n) is 8.38. The van der Waals surface area contributed by atoms with E-state index in [1.165, 1.54) is 16.6 Å². The molecule has 0 radical (unpaired) electrons. The highest BCUT2D eigenvalue weighted by atomic mass is 32.1. The molecule has 0 aliphatic rings. The molecular formula is C11H9N3S2. The lowest BCUT2D eigenvalue weighted by Crippen LogP contribution is -1.96. The van der Waals surface area contributed by atoms with Gasteiger partial charge < -0.3 is 5.32 Å². The fourth-order valence-electron chi connectivity index (χ4n) is 1.49. The number of benzene rings is 1. The number of nitrogens with one attached hydrogen (secondary N) is 1. The van der Waals surface area contributed by atoms with E-state index in [2.05, 4.69) is 31.6 Å². The van der Waals surface area contributed by atoms with Crippen molar-refractivity contribution < 1.29 is 0 Å². The molecule has 0 amide bonds. The maximum absolute atomic E-state index is 4.22. The number of nitrogens with zero attached hydrogens (tertiary/aromatic N) is 2. The van der Waals surface area contributed by atoms with Gasteiger partial charge in [0.25, 0.3) is 0 Å². The molecule has 5 heteroatoms. The number of anilines is 1. The normalized spacial score (nSPS) is 10.8. The molecule has 0 aliphatic carbocycles. The standard InChI is InChI=1S/C11H9N3S2/c1-2-9(15-5-1)7-12-8-3-4-10-11(6-8)14-16-13-10/h1-6,12H,7H2. The Morgan fingerprint density at radius 3 is 2.94 bits per heavy atom. The molecule has 0 fully saturated rings. The summed E-state index contributed by atoms with van der Waals surface area (Å²) >= 11 is 3.01. The van der Waals surface area contributed by atoms with Gasteiger partial charge in [-0.25, -0.2) is 0 Å². The summed E-state index contributed by atoms with van der Waals surface area (Å²) in [5.41, 5.74) is 3.02. The van der Waals surface area contributed by atoms with E-state index in [0.717, 1.165) is 23.3 Å². The topological polar surface area (TPSA) is 37.8 Å². The van der Waals surface area contributed by atoms with E-state index < -0.39 is 0 Å². The second-order valence-electron chi connectivity index (χ2n) is 3.40. The summed E-state index contributed by atoms with van der Waals surface area (Å²) in [4.78, 5) is 1.33. The fraction of sp³-hybridized carbons (Fsp3) is 0.0909. The van der Waals surface area contributed by atoms with Crippen LogP contribution in [0.1, 0.15) is 4.88 Å². The highest BCUT2D eigenvalue weighted by Gasteiger charge is 2.00. The second kappa shape index (κ2) is 4.19. The molecule has 0 atom stereocenters. The van der Waals surface area contributed by atoms with Crippen LogP contribution in [0.15, 0.2) is 35.7 Å². The minimum absolute atomic E-state index is 0.862. The lowest BCUT2D eigenvalue weighted by atomic mass is 10.2. The molecule has 3 nitrogen and oxygen atoms in total. The van der Waals surface area contributed by atoms with Crippen molar-refractivity contribution in [3.05, 3.63) is 40.6 Å². The van der Waals surface area contributed by atoms with Gasteiger partial charge >= 0.3 is 0 Å². The molecule has 3 rings (SSSR count). The predicted molar refractivity (Wildman–Crippen MR) is 69.1 cm³/mol. The van der Waals surface area contributed by atoms with E-state index >= 15 is 0 Å². The quantitative estimate of drug-likeness (QED) is 0.771. The lowest BCUT2D eigenvalue weighted by Gasteiger charge is -2.03. The van der Waals surface area contributed by atoms with Crippen LogP contribution in [0.5, 0.6) is 0 Å². The number of aromatic nitrogens is 2. The summed E-state index contributed by atoms with van der Waals surface area (Å²) in [7, 11) is 0. The molecule has 1 N–H and O–H groups in total. The van der Waals surface area contributed by atoms with Crippen LogP contribution < -0.4 is 5.32 Å². The van der Waals surface area contributed by atoms with Gasteiger partial charge in [-0.3, -0.25) is 0 Å². The Morgan fingerprint density at radius 1 is 1.12 bits per heavy atom. The van der Waals surface area contributed by atoms with Crippen LogP contribution in [-0.2, 0) is 6.54 Å². The molecule has 1 aromatic carbocycles. The first-order valence-corrected chi connectivity index (χ1v) is 6.51. The maximum Gasteiger partial charge on any atom is 0.106 e. The Hall–Kier alpha value is -1.46. The lowest BCUT2D eigenvalue weighted by molar-refractivity contribution is 1.19. The van der Waals surface area contributed by atoms with Gasteiger partial charge in [-0.2, -0.15) is 8.75 Å². The van der Waals surface area contributed by atoms with Crippen LogP contribution in [-0.4, -0.2) is 8.75 Å². The SMILES string of the molecule is c1csc(CNc2ccc3nsnc3c2)c1. The van der Waals surface area contributed by atoms with Crippen LogP contribution in [0.3, 0.4) is 0 Å². The van der Waals surface area contributed by atoms with Crippen molar-refractivity contribution in [1.29, 1.82) is 0 Å². The molecule has 0 aliphatic heterocycles. The smallest absolute Gasteiger partial charge is 0.106 e. The van der Waals surface area contributed by atoms with Crippen LogP contribution in [0, 0.1) is 0 Å². The molecule has 3 aromatic rings. The van der Waals surface area contributed by atoms with Crippen molar-refractivity contribution in [2.45, 2.75) is 6.54 Å². The average Bonchev–Trinajstić information content (AvgIpc) is 2.97. The highest BCUT2D eigenvalue weighted by Crippen LogP contribution is 2.18. The van der Waals surface area contributed by atoms with Gasteiger partial charge in [0.15, 0.2) is 0 Å². The molecule has 0 bridgehead atoms. The summed E-state index contributed by atoms with van der Waals surface area (Å²) in [5.74, 6) is 0. The van der Waals surface area contributed by atoms with Gasteiger partial charge in [0, 0.05) is 17.1 Å². The van der Waals surface area contributed by atoms with E-state index in [0.29, 0.717) is 0 Å². The summed E-state index contributed by atoms with van der Waals surface area (Å²) < 4.78 is 8.39. The average molecular weight is 247 g/mol. The Balaban J connectivity index is 1.78. The second-order valence-corrected chi connectivity index (χ2v) is 4.96. The summed E-state index contributed by atoms with van der Waals surface area (Å²) in [6.45, 7) is 0.862. The zero-order chi connectivity index (χ0) is 10.8. The van der Waals surface area contributed by atoms with Crippen LogP contribution in [0.2, 0.25) is 0 Å². The Kier molecular flexibility index (Phi) is 2.55. The monoisotopic (exact) mass is 247 g/mol. The van der Waals surface area contributed by atoms with Gasteiger partial charge in [-0.05, 0) is 29.6 Å². The van der Waals surface area contributed by atoms with E-state index in [1.807, 2.05) is 18.2 Å². The predicted octanol–water partition coefficient (Wildman–Crippen LogP) is 3.36. The van der Waals surface area contributed by atoms with E-state index in [1.54, 1.807) is 11.3 Å². The molecule has 0 spiro atoms. The van der Waals surface area contributed by atoms with Gasteiger partial charge in [0.2, 0.25) is 0 Å². The van der Waals surface area contributed by atoms with Gasteiger partial charge in [-0.15, -0.1) is 11.3 Å². The number of thiophene rings is 1. The van der Waals surface area contributed by atoms with Gasteiger partial charge in [0.1, 0.15) is 11.0 Å². The highest BCUT2D eigenvalue weighted by molar-refractivity contribution is 7.09. The number of hydrogen-bond donors (Lipinski definition) is 1. The third kappa shape index (κ3) is 1.91. The summed E-state index contributed by atoms with van der Waals surface area (Å²) in [5, 5.41) is 5.46. The maximum atomic E-state index is 4.22. The molecule has 80 valence electrons. The van der Waals surface area contributed by atoms with E-state index in [4.69, 9.17) is 0 Å². The largest absolute Gasteiger partial charge is 0.380 e. The molecule has 2 aromatic heterocycles. The van der Waals surface area contributed by atoms with Crippen molar-refractivity contribution in [2.75, 3.05) is 5.32 Å². The first-order valence-electron chi connectivity index (χ1n) is 4.90. The molecule has 0 saturated heterocycles. The van der Waals surface area contributed by atoms with E-state index in [-0.39, 0.29) is 0 Å². The molecule has 0 saturated carbocycles. The minimum atomic E-state index is 0.862. The van der Waals surface area contributed by atoms with E-state index in [9.17, 15) is 0 Å². The molecular weight excluding hydrogens is 238 g/mol. The Labute approximate surface area is 101 Å². The third-order valence-electron chi connectivity index (χ3n) is 2.30. The van der Waals surface area contributed by atoms with Crippen LogP contribution in [0.25, 0.3) is 11.0 Å². The third-order valence-corrected chi connectivity index (χ3v) is 3.73. The van der Waals surface area contributed by atoms with Crippen molar-refractivity contribution in [1.82, 2.24) is 8.75 Å². The van der Waals surface area contributed by atoms with Crippen LogP contribution >= 0.6 is 23.1 Å². The molecule has 2 heterocycles. The Morgan fingerprint density at radius 2 is 2.06 bits per heavy atom. The summed E-state index contributed by atoms with van der Waals surface area (Å²) in [6, 6.07) is 10.3. The minimum Gasteiger partial charge on any atom is -0.380 e. The van der Waals surface area contributed by atoms with Crippen molar-refractivity contribution in [2.24, 2.45) is 0 Å². The van der Waals surface area contributed by atoms with Crippen LogP contribution in [0.4, 0.5) is 5.69 Å². The number of hydrogen-bond acceptors (Lipinski definition) is 5. The zero-order valence-corrected chi connectivity index (χ0v) is 10.0. The summed E-state index contributed by atoms with van der Waals surface area (Å²) in [6.07, 6.45) is 0. The first kappa shape index (κ1) is 9.74. The van der Waals surface area contributed by atoms with Crippen molar-refractivity contribution in [3.63, 3.8) is 0 Å². The fourth-order valence-corrected chi connectivity index (χ4v) is 2.66. The Bertz CT molecular complexity index is 586. The number of fused-ring (bicyclic) bond motifs is 1.